The lowest BCUT2D eigenvalue weighted by Gasteiger charge is -2.37. The van der Waals surface area contributed by atoms with E-state index in [2.05, 4.69) is 41.8 Å². The van der Waals surface area contributed by atoms with Gasteiger partial charge < -0.3 is 9.88 Å². The molecular formula is C17H26N4. The summed E-state index contributed by atoms with van der Waals surface area (Å²) < 4.78 is 2.31. The molecule has 1 saturated carbocycles. The number of nitrogens with one attached hydrogen (secondary N) is 1. The Kier molecular flexibility index (Phi) is 3.98. The van der Waals surface area contributed by atoms with E-state index >= 15 is 0 Å². The predicted molar refractivity (Wildman–Crippen MR) is 86.5 cm³/mol. The van der Waals surface area contributed by atoms with E-state index in [1.165, 1.54) is 37.9 Å². The molecule has 4 nitrogen and oxygen atoms in total. The zero-order chi connectivity index (χ0) is 14.9. The van der Waals surface area contributed by atoms with Crippen LogP contribution < -0.4 is 5.32 Å². The van der Waals surface area contributed by atoms with Gasteiger partial charge in [-0.05, 0) is 45.9 Å². The summed E-state index contributed by atoms with van der Waals surface area (Å²) >= 11 is 0. The minimum Gasteiger partial charge on any atom is -0.314 e. The SMILES string of the molecule is CNC1(Cc2nc3cccnc3n2C(C)C)CCCCC1. The quantitative estimate of drug-likeness (QED) is 0.935. The highest BCUT2D eigenvalue weighted by Crippen LogP contribution is 2.32. The summed E-state index contributed by atoms with van der Waals surface area (Å²) in [5.41, 5.74) is 2.25. The molecule has 1 aliphatic rings. The minimum atomic E-state index is 0.215. The van der Waals surface area contributed by atoms with Crippen LogP contribution in [0.1, 0.15) is 57.8 Å². The van der Waals surface area contributed by atoms with E-state index in [-0.39, 0.29) is 5.54 Å². The molecule has 0 spiro atoms. The number of hydrogen-bond donors (Lipinski definition) is 1. The molecule has 0 saturated heterocycles. The summed E-state index contributed by atoms with van der Waals surface area (Å²) in [5, 5.41) is 3.60. The van der Waals surface area contributed by atoms with Gasteiger partial charge in [-0.15, -0.1) is 0 Å². The van der Waals surface area contributed by atoms with Crippen molar-refractivity contribution in [2.45, 2.75) is 64.0 Å². The number of nitrogens with zero attached hydrogens (tertiary/aromatic N) is 3. The molecule has 0 aliphatic heterocycles. The molecule has 4 heteroatoms. The van der Waals surface area contributed by atoms with Crippen LogP contribution in [0, 0.1) is 0 Å². The molecular weight excluding hydrogens is 260 g/mol. The largest absolute Gasteiger partial charge is 0.314 e. The summed E-state index contributed by atoms with van der Waals surface area (Å²) in [6.45, 7) is 4.43. The maximum atomic E-state index is 4.88. The lowest BCUT2D eigenvalue weighted by atomic mass is 9.79. The van der Waals surface area contributed by atoms with Crippen molar-refractivity contribution < 1.29 is 0 Å². The third-order valence-electron chi connectivity index (χ3n) is 4.88. The Balaban J connectivity index is 2.01. The zero-order valence-electron chi connectivity index (χ0n) is 13.4. The fourth-order valence-corrected chi connectivity index (χ4v) is 3.69. The first-order valence-corrected chi connectivity index (χ1v) is 8.16. The standard InChI is InChI=1S/C17H26N4/c1-13(2)21-15(20-14-8-7-11-19-16(14)21)12-17(18-3)9-5-4-6-10-17/h7-8,11,13,18H,4-6,9-10,12H2,1-3H3. The highest BCUT2D eigenvalue weighted by molar-refractivity contribution is 5.71. The summed E-state index contributed by atoms with van der Waals surface area (Å²) in [6.07, 6.45) is 9.36. The molecule has 0 unspecified atom stereocenters. The van der Waals surface area contributed by atoms with Crippen molar-refractivity contribution in [3.05, 3.63) is 24.2 Å². The van der Waals surface area contributed by atoms with Crippen molar-refractivity contribution >= 4 is 11.2 Å². The van der Waals surface area contributed by atoms with Gasteiger partial charge in [0.2, 0.25) is 0 Å². The van der Waals surface area contributed by atoms with Crippen LogP contribution in [0.4, 0.5) is 0 Å². The van der Waals surface area contributed by atoms with Gasteiger partial charge in [-0.1, -0.05) is 19.3 Å². The Morgan fingerprint density at radius 2 is 2.05 bits per heavy atom. The third kappa shape index (κ3) is 2.69. The molecule has 1 N–H and O–H groups in total. The molecule has 1 aliphatic carbocycles. The molecule has 0 radical (unpaired) electrons. The van der Waals surface area contributed by atoms with Crippen LogP contribution in [0.25, 0.3) is 11.2 Å². The molecule has 2 heterocycles. The highest BCUT2D eigenvalue weighted by atomic mass is 15.2. The lowest BCUT2D eigenvalue weighted by Crippen LogP contribution is -2.47. The Hall–Kier alpha value is -1.42. The van der Waals surface area contributed by atoms with E-state index in [0.717, 1.165) is 17.6 Å². The van der Waals surface area contributed by atoms with Crippen LogP contribution >= 0.6 is 0 Å². The van der Waals surface area contributed by atoms with Gasteiger partial charge >= 0.3 is 0 Å². The predicted octanol–water partition coefficient (Wildman–Crippen LogP) is 3.48. The first-order valence-electron chi connectivity index (χ1n) is 8.16. The van der Waals surface area contributed by atoms with Crippen molar-refractivity contribution in [1.29, 1.82) is 0 Å². The Bertz CT molecular complexity index is 608. The molecule has 1 fully saturated rings. The molecule has 0 amide bonds. The van der Waals surface area contributed by atoms with E-state index in [1.807, 2.05) is 12.3 Å². The van der Waals surface area contributed by atoms with Gasteiger partial charge in [-0.3, -0.25) is 0 Å². The molecule has 0 atom stereocenters. The van der Waals surface area contributed by atoms with Gasteiger partial charge in [0, 0.05) is 24.2 Å². The second-order valence-electron chi connectivity index (χ2n) is 6.61. The van der Waals surface area contributed by atoms with Crippen molar-refractivity contribution in [2.24, 2.45) is 0 Å². The summed E-state index contributed by atoms with van der Waals surface area (Å²) in [6, 6.07) is 4.42. The van der Waals surface area contributed by atoms with E-state index < -0.39 is 0 Å². The first kappa shape index (κ1) is 14.5. The summed E-state index contributed by atoms with van der Waals surface area (Å²) in [5.74, 6) is 1.18. The lowest BCUT2D eigenvalue weighted by molar-refractivity contribution is 0.238. The van der Waals surface area contributed by atoms with Crippen molar-refractivity contribution in [3.63, 3.8) is 0 Å². The fourth-order valence-electron chi connectivity index (χ4n) is 3.69. The third-order valence-corrected chi connectivity index (χ3v) is 4.88. The number of rotatable bonds is 4. The van der Waals surface area contributed by atoms with E-state index in [1.54, 1.807) is 0 Å². The average molecular weight is 286 g/mol. The smallest absolute Gasteiger partial charge is 0.160 e. The van der Waals surface area contributed by atoms with Crippen LogP contribution in [0.3, 0.4) is 0 Å². The Morgan fingerprint density at radius 3 is 2.71 bits per heavy atom. The topological polar surface area (TPSA) is 42.7 Å². The van der Waals surface area contributed by atoms with E-state index in [4.69, 9.17) is 4.98 Å². The molecule has 0 aromatic carbocycles. The van der Waals surface area contributed by atoms with Crippen molar-refractivity contribution in [3.8, 4) is 0 Å². The van der Waals surface area contributed by atoms with Crippen molar-refractivity contribution in [1.82, 2.24) is 19.9 Å². The monoisotopic (exact) mass is 286 g/mol. The molecule has 2 aromatic heterocycles. The van der Waals surface area contributed by atoms with Crippen LogP contribution in [0.5, 0.6) is 0 Å². The van der Waals surface area contributed by atoms with Crippen LogP contribution in [-0.2, 0) is 6.42 Å². The van der Waals surface area contributed by atoms with Gasteiger partial charge in [0.25, 0.3) is 0 Å². The van der Waals surface area contributed by atoms with Gasteiger partial charge in [0.15, 0.2) is 5.65 Å². The van der Waals surface area contributed by atoms with Crippen LogP contribution in [0.2, 0.25) is 0 Å². The fraction of sp³-hybridized carbons (Fsp3) is 0.647. The second kappa shape index (κ2) is 5.76. The Labute approximate surface area is 127 Å². The van der Waals surface area contributed by atoms with E-state index in [0.29, 0.717) is 6.04 Å². The summed E-state index contributed by atoms with van der Waals surface area (Å²) in [7, 11) is 2.10. The number of likely N-dealkylation sites (N-methyl/N-ethyl adjacent to an activating group) is 1. The number of aromatic nitrogens is 3. The van der Waals surface area contributed by atoms with Gasteiger partial charge in [0.05, 0.1) is 0 Å². The zero-order valence-corrected chi connectivity index (χ0v) is 13.4. The molecule has 114 valence electrons. The number of pyridine rings is 1. The number of imidazole rings is 1. The average Bonchev–Trinajstić information content (AvgIpc) is 2.85. The van der Waals surface area contributed by atoms with Gasteiger partial charge in [-0.25, -0.2) is 9.97 Å². The van der Waals surface area contributed by atoms with Gasteiger partial charge in [-0.2, -0.15) is 0 Å². The molecule has 0 bridgehead atoms. The number of hydrogen-bond acceptors (Lipinski definition) is 3. The molecule has 2 aromatic rings. The van der Waals surface area contributed by atoms with Crippen LogP contribution in [-0.4, -0.2) is 27.1 Å². The van der Waals surface area contributed by atoms with Crippen LogP contribution in [0.15, 0.2) is 18.3 Å². The maximum Gasteiger partial charge on any atom is 0.160 e. The maximum absolute atomic E-state index is 4.88. The van der Waals surface area contributed by atoms with Gasteiger partial charge in [0.1, 0.15) is 11.3 Å². The Morgan fingerprint density at radius 1 is 1.29 bits per heavy atom. The second-order valence-corrected chi connectivity index (χ2v) is 6.61. The molecule has 21 heavy (non-hydrogen) atoms. The minimum absolute atomic E-state index is 0.215. The highest BCUT2D eigenvalue weighted by Gasteiger charge is 2.32. The first-order chi connectivity index (χ1) is 10.2. The normalized spacial score (nSPS) is 18.5. The summed E-state index contributed by atoms with van der Waals surface area (Å²) in [4.78, 5) is 9.43. The van der Waals surface area contributed by atoms with E-state index in [9.17, 15) is 0 Å². The number of fused-ring (bicyclic) bond motifs is 1. The molecule has 3 rings (SSSR count). The van der Waals surface area contributed by atoms with Crippen molar-refractivity contribution in [2.75, 3.05) is 7.05 Å².